The van der Waals surface area contributed by atoms with Crippen molar-refractivity contribution < 1.29 is 14.7 Å². The number of amides is 1. The highest BCUT2D eigenvalue weighted by Crippen LogP contribution is 2.23. The number of nitrogens with one attached hydrogen (secondary N) is 1. The first-order chi connectivity index (χ1) is 9.06. The van der Waals surface area contributed by atoms with Crippen molar-refractivity contribution in [3.8, 4) is 0 Å². The van der Waals surface area contributed by atoms with Gasteiger partial charge in [0.15, 0.2) is 0 Å². The molecule has 2 N–H and O–H groups in total. The lowest BCUT2D eigenvalue weighted by atomic mass is 10.1. The van der Waals surface area contributed by atoms with Crippen LogP contribution in [0.3, 0.4) is 0 Å². The van der Waals surface area contributed by atoms with Crippen LogP contribution in [0.4, 0.5) is 5.69 Å². The average Bonchev–Trinajstić information content (AvgIpc) is 2.77. The van der Waals surface area contributed by atoms with Crippen molar-refractivity contribution in [2.24, 2.45) is 0 Å². The number of halogens is 1. The number of hydrogen-bond donors (Lipinski definition) is 2. The first kappa shape index (κ1) is 13.8. The quantitative estimate of drug-likeness (QED) is 0.897. The summed E-state index contributed by atoms with van der Waals surface area (Å²) in [5.74, 6) is -1.06. The number of anilines is 1. The van der Waals surface area contributed by atoms with Gasteiger partial charge < -0.3 is 10.4 Å². The molecule has 0 spiro atoms. The topological polar surface area (TPSA) is 66.4 Å². The third kappa shape index (κ3) is 3.65. The molecule has 4 nitrogen and oxygen atoms in total. The SMILES string of the molecule is O=C(O)Cc1ccc(NC(=O)c2sccc2Br)cc1. The van der Waals surface area contributed by atoms with Gasteiger partial charge in [-0.3, -0.25) is 9.59 Å². The third-order valence-corrected chi connectivity index (χ3v) is 4.23. The lowest BCUT2D eigenvalue weighted by Gasteiger charge is -2.05. The summed E-state index contributed by atoms with van der Waals surface area (Å²) in [5, 5.41) is 13.3. The number of carbonyl (C=O) groups is 2. The van der Waals surface area contributed by atoms with Crippen molar-refractivity contribution in [1.29, 1.82) is 0 Å². The van der Waals surface area contributed by atoms with Crippen LogP contribution in [0.15, 0.2) is 40.2 Å². The smallest absolute Gasteiger partial charge is 0.307 e. The van der Waals surface area contributed by atoms with Crippen LogP contribution in [-0.4, -0.2) is 17.0 Å². The van der Waals surface area contributed by atoms with E-state index in [1.54, 1.807) is 24.3 Å². The van der Waals surface area contributed by atoms with Gasteiger partial charge in [0.2, 0.25) is 0 Å². The predicted molar refractivity (Wildman–Crippen MR) is 77.8 cm³/mol. The Bertz CT molecular complexity index is 607. The number of carboxylic acid groups (broad SMARTS) is 1. The van der Waals surface area contributed by atoms with Crippen molar-refractivity contribution in [2.45, 2.75) is 6.42 Å². The second-order valence-electron chi connectivity index (χ2n) is 3.82. The molecule has 6 heteroatoms. The molecule has 0 aliphatic carbocycles. The zero-order valence-corrected chi connectivity index (χ0v) is 12.1. The highest BCUT2D eigenvalue weighted by Gasteiger charge is 2.11. The van der Waals surface area contributed by atoms with Gasteiger partial charge >= 0.3 is 5.97 Å². The van der Waals surface area contributed by atoms with E-state index in [9.17, 15) is 9.59 Å². The van der Waals surface area contributed by atoms with Crippen LogP contribution < -0.4 is 5.32 Å². The van der Waals surface area contributed by atoms with E-state index in [-0.39, 0.29) is 12.3 Å². The van der Waals surface area contributed by atoms with Gasteiger partial charge in [0, 0.05) is 10.2 Å². The van der Waals surface area contributed by atoms with Crippen molar-refractivity contribution in [3.63, 3.8) is 0 Å². The molecule has 1 heterocycles. The first-order valence-electron chi connectivity index (χ1n) is 5.41. The highest BCUT2D eigenvalue weighted by atomic mass is 79.9. The molecule has 0 atom stereocenters. The second kappa shape index (κ2) is 5.99. The molecule has 0 aliphatic heterocycles. The van der Waals surface area contributed by atoms with Gasteiger partial charge in [-0.1, -0.05) is 12.1 Å². The number of aliphatic carboxylic acids is 1. The third-order valence-electron chi connectivity index (χ3n) is 2.39. The minimum atomic E-state index is -0.876. The molecule has 2 aromatic rings. The van der Waals surface area contributed by atoms with E-state index in [1.807, 2.05) is 11.4 Å². The number of carbonyl (C=O) groups excluding carboxylic acids is 1. The Morgan fingerprint density at radius 2 is 1.89 bits per heavy atom. The molecule has 0 bridgehead atoms. The summed E-state index contributed by atoms with van der Waals surface area (Å²) in [6.07, 6.45) is -0.0231. The number of hydrogen-bond acceptors (Lipinski definition) is 3. The molecular weight excluding hydrogens is 330 g/mol. The van der Waals surface area contributed by atoms with Crippen LogP contribution >= 0.6 is 27.3 Å². The van der Waals surface area contributed by atoms with Crippen LogP contribution in [-0.2, 0) is 11.2 Å². The largest absolute Gasteiger partial charge is 0.481 e. The van der Waals surface area contributed by atoms with Gasteiger partial charge in [0.1, 0.15) is 4.88 Å². The summed E-state index contributed by atoms with van der Waals surface area (Å²) >= 11 is 4.66. The molecule has 0 radical (unpaired) electrons. The second-order valence-corrected chi connectivity index (χ2v) is 5.59. The molecule has 1 aromatic heterocycles. The molecule has 0 saturated heterocycles. The maximum Gasteiger partial charge on any atom is 0.307 e. The number of carboxylic acids is 1. The first-order valence-corrected chi connectivity index (χ1v) is 7.08. The van der Waals surface area contributed by atoms with Crippen LogP contribution in [0, 0.1) is 0 Å². The maximum absolute atomic E-state index is 11.9. The summed E-state index contributed by atoms with van der Waals surface area (Å²) in [5.41, 5.74) is 1.34. The lowest BCUT2D eigenvalue weighted by Crippen LogP contribution is -2.10. The Balaban J connectivity index is 2.06. The number of thiophene rings is 1. The summed E-state index contributed by atoms with van der Waals surface area (Å²) in [6.45, 7) is 0. The zero-order valence-electron chi connectivity index (χ0n) is 9.72. The minimum absolute atomic E-state index is 0.0231. The van der Waals surface area contributed by atoms with Gasteiger partial charge in [0.25, 0.3) is 5.91 Å². The van der Waals surface area contributed by atoms with Crippen molar-refractivity contribution in [2.75, 3.05) is 5.32 Å². The van der Waals surface area contributed by atoms with E-state index in [0.717, 1.165) is 4.47 Å². The van der Waals surface area contributed by atoms with Crippen molar-refractivity contribution >= 4 is 44.8 Å². The molecule has 0 unspecified atom stereocenters. The fraction of sp³-hybridized carbons (Fsp3) is 0.0769. The van der Waals surface area contributed by atoms with E-state index in [2.05, 4.69) is 21.2 Å². The molecule has 1 aromatic carbocycles. The molecule has 19 heavy (non-hydrogen) atoms. The summed E-state index contributed by atoms with van der Waals surface area (Å²) in [4.78, 5) is 23.1. The highest BCUT2D eigenvalue weighted by molar-refractivity contribution is 9.10. The molecule has 1 amide bonds. The Morgan fingerprint density at radius 1 is 1.21 bits per heavy atom. The van der Waals surface area contributed by atoms with Gasteiger partial charge in [-0.2, -0.15) is 0 Å². The molecule has 0 saturated carbocycles. The summed E-state index contributed by atoms with van der Waals surface area (Å²) in [6, 6.07) is 8.57. The lowest BCUT2D eigenvalue weighted by molar-refractivity contribution is -0.136. The fourth-order valence-corrected chi connectivity index (χ4v) is 2.97. The fourth-order valence-electron chi connectivity index (χ4n) is 1.52. The molecule has 98 valence electrons. The standard InChI is InChI=1S/C13H10BrNO3S/c14-10-5-6-19-12(10)13(18)15-9-3-1-8(2-4-9)7-11(16)17/h1-6H,7H2,(H,15,18)(H,16,17). The maximum atomic E-state index is 11.9. The van der Waals surface area contributed by atoms with Gasteiger partial charge in [-0.05, 0) is 45.1 Å². The zero-order chi connectivity index (χ0) is 13.8. The summed E-state index contributed by atoms with van der Waals surface area (Å²) < 4.78 is 0.762. The van der Waals surface area contributed by atoms with Crippen molar-refractivity contribution in [1.82, 2.24) is 0 Å². The monoisotopic (exact) mass is 339 g/mol. The van der Waals surface area contributed by atoms with Crippen LogP contribution in [0.2, 0.25) is 0 Å². The Hall–Kier alpha value is -1.66. The van der Waals surface area contributed by atoms with Crippen molar-refractivity contribution in [3.05, 3.63) is 50.6 Å². The predicted octanol–water partition coefficient (Wildman–Crippen LogP) is 3.39. The Morgan fingerprint density at radius 3 is 2.42 bits per heavy atom. The molecular formula is C13H10BrNO3S. The number of rotatable bonds is 4. The van der Waals surface area contributed by atoms with Crippen LogP contribution in [0.5, 0.6) is 0 Å². The number of benzene rings is 1. The van der Waals surface area contributed by atoms with E-state index in [0.29, 0.717) is 16.1 Å². The van der Waals surface area contributed by atoms with Gasteiger partial charge in [-0.15, -0.1) is 11.3 Å². The Labute approximate surface area is 122 Å². The van der Waals surface area contributed by atoms with E-state index in [4.69, 9.17) is 5.11 Å². The van der Waals surface area contributed by atoms with E-state index >= 15 is 0 Å². The van der Waals surface area contributed by atoms with Crippen LogP contribution in [0.1, 0.15) is 15.2 Å². The Kier molecular flexibility index (Phi) is 4.34. The molecule has 0 aliphatic rings. The average molecular weight is 340 g/mol. The van der Waals surface area contributed by atoms with Gasteiger partial charge in [-0.25, -0.2) is 0 Å². The normalized spacial score (nSPS) is 10.2. The van der Waals surface area contributed by atoms with Gasteiger partial charge in [0.05, 0.1) is 6.42 Å². The summed E-state index contributed by atoms with van der Waals surface area (Å²) in [7, 11) is 0. The molecule has 2 rings (SSSR count). The van der Waals surface area contributed by atoms with E-state index in [1.165, 1.54) is 11.3 Å². The van der Waals surface area contributed by atoms with Crippen LogP contribution in [0.25, 0.3) is 0 Å². The van der Waals surface area contributed by atoms with E-state index < -0.39 is 5.97 Å². The minimum Gasteiger partial charge on any atom is -0.481 e. The molecule has 0 fully saturated rings.